The number of aromatic nitrogens is 1. The number of nitrogens with zero attached hydrogens (tertiary/aromatic N) is 2. The molecular weight excluding hydrogens is 220 g/mol. The first-order valence-electron chi connectivity index (χ1n) is 5.78. The van der Waals surface area contributed by atoms with Crippen molar-refractivity contribution in [2.75, 3.05) is 13.6 Å². The molecule has 1 unspecified atom stereocenters. The van der Waals surface area contributed by atoms with Crippen molar-refractivity contribution in [1.29, 1.82) is 0 Å². The van der Waals surface area contributed by atoms with Gasteiger partial charge in [-0.15, -0.1) is 11.3 Å². The van der Waals surface area contributed by atoms with Crippen molar-refractivity contribution in [1.82, 2.24) is 9.88 Å². The standard InChI is InChI=1S/C12H18N2OS/c1-9(15)6-10-8-16-12(13-10)7-11-4-3-5-14(11)2/h8,11H,3-7H2,1-2H3. The van der Waals surface area contributed by atoms with Crippen molar-refractivity contribution < 1.29 is 4.79 Å². The van der Waals surface area contributed by atoms with E-state index in [-0.39, 0.29) is 5.78 Å². The maximum absolute atomic E-state index is 11.0. The van der Waals surface area contributed by atoms with Gasteiger partial charge in [-0.3, -0.25) is 4.79 Å². The molecule has 1 aromatic rings. The Balaban J connectivity index is 1.94. The number of likely N-dealkylation sites (N-methyl/N-ethyl adjacent to an activating group) is 1. The van der Waals surface area contributed by atoms with E-state index in [1.165, 1.54) is 24.4 Å². The molecule has 2 heterocycles. The van der Waals surface area contributed by atoms with Gasteiger partial charge in [0.05, 0.1) is 10.7 Å². The lowest BCUT2D eigenvalue weighted by molar-refractivity contribution is -0.116. The molecule has 1 atom stereocenters. The zero-order chi connectivity index (χ0) is 11.5. The number of likely N-dealkylation sites (tertiary alicyclic amines) is 1. The first kappa shape index (κ1) is 11.7. The Bertz CT molecular complexity index is 375. The normalized spacial score (nSPS) is 21.5. The Morgan fingerprint density at radius 3 is 3.12 bits per heavy atom. The molecule has 88 valence electrons. The molecule has 0 aliphatic carbocycles. The summed E-state index contributed by atoms with van der Waals surface area (Å²) in [6.07, 6.45) is 4.10. The largest absolute Gasteiger partial charge is 0.303 e. The fourth-order valence-electron chi connectivity index (χ4n) is 2.22. The fraction of sp³-hybridized carbons (Fsp3) is 0.667. The molecule has 2 rings (SSSR count). The molecule has 1 saturated heterocycles. The maximum Gasteiger partial charge on any atom is 0.135 e. The molecule has 0 amide bonds. The van der Waals surface area contributed by atoms with E-state index in [2.05, 4.69) is 16.9 Å². The predicted octanol–water partition coefficient (Wildman–Crippen LogP) is 1.91. The van der Waals surface area contributed by atoms with Crippen LogP contribution in [-0.4, -0.2) is 35.3 Å². The van der Waals surface area contributed by atoms with Crippen LogP contribution >= 0.6 is 11.3 Å². The lowest BCUT2D eigenvalue weighted by atomic mass is 10.1. The van der Waals surface area contributed by atoms with Gasteiger partial charge in [0.25, 0.3) is 0 Å². The number of thiazole rings is 1. The average Bonchev–Trinajstić information content (AvgIpc) is 2.77. The monoisotopic (exact) mass is 238 g/mol. The molecule has 1 aliphatic rings. The van der Waals surface area contributed by atoms with Crippen molar-refractivity contribution >= 4 is 17.1 Å². The summed E-state index contributed by atoms with van der Waals surface area (Å²) in [4.78, 5) is 17.9. The van der Waals surface area contributed by atoms with Crippen molar-refractivity contribution in [2.24, 2.45) is 0 Å². The number of hydrogen-bond acceptors (Lipinski definition) is 4. The van der Waals surface area contributed by atoms with E-state index in [0.29, 0.717) is 12.5 Å². The molecule has 0 spiro atoms. The molecule has 0 aromatic carbocycles. The molecule has 3 nitrogen and oxygen atoms in total. The molecule has 0 bridgehead atoms. The zero-order valence-corrected chi connectivity index (χ0v) is 10.7. The van der Waals surface area contributed by atoms with E-state index < -0.39 is 0 Å². The topological polar surface area (TPSA) is 33.2 Å². The minimum atomic E-state index is 0.190. The second-order valence-corrected chi connectivity index (χ2v) is 5.53. The van der Waals surface area contributed by atoms with Crippen molar-refractivity contribution in [3.05, 3.63) is 16.1 Å². The van der Waals surface area contributed by atoms with Crippen LogP contribution in [0.2, 0.25) is 0 Å². The summed E-state index contributed by atoms with van der Waals surface area (Å²) in [5, 5.41) is 3.20. The number of rotatable bonds is 4. The van der Waals surface area contributed by atoms with Gasteiger partial charge in [0.2, 0.25) is 0 Å². The third-order valence-electron chi connectivity index (χ3n) is 3.11. The molecule has 1 fully saturated rings. The Labute approximate surface area is 100 Å². The second kappa shape index (κ2) is 5.06. The molecule has 0 radical (unpaired) electrons. The van der Waals surface area contributed by atoms with Crippen molar-refractivity contribution in [3.8, 4) is 0 Å². The first-order chi connectivity index (χ1) is 7.65. The molecule has 16 heavy (non-hydrogen) atoms. The summed E-state index contributed by atoms with van der Waals surface area (Å²) in [7, 11) is 2.18. The van der Waals surface area contributed by atoms with Gasteiger partial charge in [0, 0.05) is 24.3 Å². The molecule has 0 saturated carbocycles. The molecule has 1 aromatic heterocycles. The van der Waals surface area contributed by atoms with Crippen molar-refractivity contribution in [3.63, 3.8) is 0 Å². The number of carbonyl (C=O) groups is 1. The fourth-order valence-corrected chi connectivity index (χ4v) is 3.08. The van der Waals surface area contributed by atoms with E-state index in [1.54, 1.807) is 18.3 Å². The molecule has 4 heteroatoms. The summed E-state index contributed by atoms with van der Waals surface area (Å²) < 4.78 is 0. The van der Waals surface area contributed by atoms with Crippen LogP contribution in [0, 0.1) is 0 Å². The third kappa shape index (κ3) is 2.89. The van der Waals surface area contributed by atoms with Crippen LogP contribution in [0.25, 0.3) is 0 Å². The lowest BCUT2D eigenvalue weighted by Gasteiger charge is -2.17. The average molecular weight is 238 g/mol. The highest BCUT2D eigenvalue weighted by Crippen LogP contribution is 2.21. The van der Waals surface area contributed by atoms with E-state index in [1.807, 2.05) is 5.38 Å². The number of ketones is 1. The van der Waals surface area contributed by atoms with Gasteiger partial charge in [-0.1, -0.05) is 0 Å². The lowest BCUT2D eigenvalue weighted by Crippen LogP contribution is -2.26. The smallest absolute Gasteiger partial charge is 0.135 e. The van der Waals surface area contributed by atoms with Gasteiger partial charge >= 0.3 is 0 Å². The Morgan fingerprint density at radius 1 is 1.69 bits per heavy atom. The first-order valence-corrected chi connectivity index (χ1v) is 6.66. The van der Waals surface area contributed by atoms with Crippen molar-refractivity contribution in [2.45, 2.75) is 38.6 Å². The molecule has 1 aliphatic heterocycles. The van der Waals surface area contributed by atoms with Crippen LogP contribution in [0.1, 0.15) is 30.5 Å². The molecular formula is C12H18N2OS. The van der Waals surface area contributed by atoms with Gasteiger partial charge < -0.3 is 4.90 Å². The zero-order valence-electron chi connectivity index (χ0n) is 9.90. The van der Waals surface area contributed by atoms with Gasteiger partial charge in [0.15, 0.2) is 0 Å². The predicted molar refractivity (Wildman–Crippen MR) is 65.9 cm³/mol. The summed E-state index contributed by atoms with van der Waals surface area (Å²) >= 11 is 1.69. The highest BCUT2D eigenvalue weighted by Gasteiger charge is 2.22. The minimum Gasteiger partial charge on any atom is -0.303 e. The van der Waals surface area contributed by atoms with E-state index >= 15 is 0 Å². The Morgan fingerprint density at radius 2 is 2.50 bits per heavy atom. The minimum absolute atomic E-state index is 0.190. The van der Waals surface area contributed by atoms with Crippen LogP contribution in [0.4, 0.5) is 0 Å². The van der Waals surface area contributed by atoms with Crippen LogP contribution in [0.5, 0.6) is 0 Å². The SMILES string of the molecule is CC(=O)Cc1csc(CC2CCCN2C)n1. The second-order valence-electron chi connectivity index (χ2n) is 4.59. The van der Waals surface area contributed by atoms with E-state index in [4.69, 9.17) is 0 Å². The van der Waals surface area contributed by atoms with Crippen LogP contribution in [-0.2, 0) is 17.6 Å². The number of Topliss-reactive ketones (excluding diaryl/α,β-unsaturated/α-hetero) is 1. The van der Waals surface area contributed by atoms with Gasteiger partial charge in [-0.2, -0.15) is 0 Å². The Kier molecular flexibility index (Phi) is 3.71. The van der Waals surface area contributed by atoms with Gasteiger partial charge in [0.1, 0.15) is 5.78 Å². The summed E-state index contributed by atoms with van der Waals surface area (Å²) in [5.41, 5.74) is 0.938. The summed E-state index contributed by atoms with van der Waals surface area (Å²) in [5.74, 6) is 0.190. The highest BCUT2D eigenvalue weighted by molar-refractivity contribution is 7.09. The number of carbonyl (C=O) groups excluding carboxylic acids is 1. The Hall–Kier alpha value is -0.740. The summed E-state index contributed by atoms with van der Waals surface area (Å²) in [6, 6.07) is 0.649. The van der Waals surface area contributed by atoms with Crippen LogP contribution in [0.15, 0.2) is 5.38 Å². The maximum atomic E-state index is 11.0. The summed E-state index contributed by atoms with van der Waals surface area (Å²) in [6.45, 7) is 2.82. The molecule has 0 N–H and O–H groups in total. The van der Waals surface area contributed by atoms with Crippen LogP contribution < -0.4 is 0 Å². The number of hydrogen-bond donors (Lipinski definition) is 0. The van der Waals surface area contributed by atoms with Crippen LogP contribution in [0.3, 0.4) is 0 Å². The van der Waals surface area contributed by atoms with Gasteiger partial charge in [-0.05, 0) is 33.4 Å². The highest BCUT2D eigenvalue weighted by atomic mass is 32.1. The third-order valence-corrected chi connectivity index (χ3v) is 4.03. The van der Waals surface area contributed by atoms with Gasteiger partial charge in [-0.25, -0.2) is 4.98 Å². The van der Waals surface area contributed by atoms with E-state index in [9.17, 15) is 4.79 Å². The van der Waals surface area contributed by atoms with E-state index in [0.717, 1.165) is 12.1 Å². The quantitative estimate of drug-likeness (QED) is 0.803.